The van der Waals surface area contributed by atoms with Gasteiger partial charge in [0.1, 0.15) is 0 Å². The Morgan fingerprint density at radius 2 is 2.10 bits per heavy atom. The van der Waals surface area contributed by atoms with Gasteiger partial charge in [-0.05, 0) is 52.5 Å². The normalized spacial score (nSPS) is 15.9. The van der Waals surface area contributed by atoms with E-state index in [2.05, 4.69) is 42.9 Å². The Balaban J connectivity index is 2.11. The maximum absolute atomic E-state index is 14.7. The maximum atomic E-state index is 14.7. The van der Waals surface area contributed by atoms with Crippen LogP contribution in [0.4, 0.5) is 10.2 Å². The van der Waals surface area contributed by atoms with Crippen molar-refractivity contribution in [1.82, 2.24) is 10.3 Å². The molecule has 0 aromatic carbocycles. The van der Waals surface area contributed by atoms with Crippen LogP contribution in [-0.4, -0.2) is 23.6 Å². The van der Waals surface area contributed by atoms with Crippen LogP contribution in [0.15, 0.2) is 12.3 Å². The number of hydrogen-bond acceptors (Lipinski definition) is 3. The minimum Gasteiger partial charge on any atom is -0.354 e. The van der Waals surface area contributed by atoms with Gasteiger partial charge in [0, 0.05) is 36.9 Å². The molecule has 1 aliphatic carbocycles. The molecule has 0 aliphatic heterocycles. The molecule has 1 aromatic heterocycles. The van der Waals surface area contributed by atoms with Crippen LogP contribution < -0.4 is 10.2 Å². The van der Waals surface area contributed by atoms with E-state index in [0.717, 1.165) is 13.1 Å². The van der Waals surface area contributed by atoms with Gasteiger partial charge in [0.2, 0.25) is 0 Å². The molecule has 0 unspecified atom stereocenters. The summed E-state index contributed by atoms with van der Waals surface area (Å²) in [5.41, 5.74) is 0.675. The van der Waals surface area contributed by atoms with Crippen LogP contribution in [0.2, 0.25) is 0 Å². The average molecular weight is 293 g/mol. The van der Waals surface area contributed by atoms with Crippen molar-refractivity contribution in [2.75, 3.05) is 18.0 Å². The number of aromatic nitrogens is 1. The number of anilines is 1. The van der Waals surface area contributed by atoms with Crippen molar-refractivity contribution in [3.8, 4) is 0 Å². The Labute approximate surface area is 127 Å². The Morgan fingerprint density at radius 1 is 1.38 bits per heavy atom. The summed E-state index contributed by atoms with van der Waals surface area (Å²) in [6, 6.07) is 1.77. The lowest BCUT2D eigenvalue weighted by Gasteiger charge is -2.32. The number of nitrogens with zero attached hydrogens (tertiary/aromatic N) is 2. The molecule has 0 atom stereocenters. The van der Waals surface area contributed by atoms with E-state index in [0.29, 0.717) is 23.8 Å². The predicted octanol–water partition coefficient (Wildman–Crippen LogP) is 3.74. The lowest BCUT2D eigenvalue weighted by Crippen LogP contribution is -2.36. The van der Waals surface area contributed by atoms with E-state index >= 15 is 0 Å². The van der Waals surface area contributed by atoms with Crippen LogP contribution in [0.3, 0.4) is 0 Å². The summed E-state index contributed by atoms with van der Waals surface area (Å²) in [5, 5.41) is 3.34. The number of hydrogen-bond donors (Lipinski definition) is 1. The molecule has 0 spiro atoms. The van der Waals surface area contributed by atoms with Crippen LogP contribution >= 0.6 is 0 Å². The van der Waals surface area contributed by atoms with Crippen LogP contribution in [0.5, 0.6) is 0 Å². The summed E-state index contributed by atoms with van der Waals surface area (Å²) in [6.45, 7) is 10.6. The van der Waals surface area contributed by atoms with Gasteiger partial charge in [-0.15, -0.1) is 0 Å². The zero-order valence-electron chi connectivity index (χ0n) is 13.7. The summed E-state index contributed by atoms with van der Waals surface area (Å²) >= 11 is 0. The first-order valence-electron chi connectivity index (χ1n) is 8.04. The van der Waals surface area contributed by atoms with Gasteiger partial charge in [-0.25, -0.2) is 9.37 Å². The lowest BCUT2D eigenvalue weighted by atomic mass is 9.85. The minimum absolute atomic E-state index is 0.0216. The Hall–Kier alpha value is -1.16. The quantitative estimate of drug-likeness (QED) is 0.866. The Kier molecular flexibility index (Phi) is 5.20. The molecule has 21 heavy (non-hydrogen) atoms. The molecule has 0 amide bonds. The molecule has 1 saturated carbocycles. The van der Waals surface area contributed by atoms with Crippen molar-refractivity contribution in [2.24, 2.45) is 5.92 Å². The van der Waals surface area contributed by atoms with Gasteiger partial charge in [0.15, 0.2) is 11.6 Å². The number of rotatable bonds is 6. The van der Waals surface area contributed by atoms with Crippen LogP contribution in [-0.2, 0) is 6.54 Å². The topological polar surface area (TPSA) is 28.2 Å². The molecule has 1 N–H and O–H groups in total. The first kappa shape index (κ1) is 16.2. The standard InChI is InChI=1S/C17H28FN3/c1-5-21(12-13-7-6-8-13)16-15(18)14(9-10-19-16)11-20-17(2,3)4/h9-10,13,20H,5-8,11-12H2,1-4H3. The highest BCUT2D eigenvalue weighted by molar-refractivity contribution is 5.43. The van der Waals surface area contributed by atoms with Gasteiger partial charge in [0.25, 0.3) is 0 Å². The highest BCUT2D eigenvalue weighted by atomic mass is 19.1. The van der Waals surface area contributed by atoms with E-state index < -0.39 is 0 Å². The van der Waals surface area contributed by atoms with Crippen LogP contribution in [0, 0.1) is 11.7 Å². The smallest absolute Gasteiger partial charge is 0.170 e. The third-order valence-electron chi connectivity index (χ3n) is 4.14. The second-order valence-corrected chi connectivity index (χ2v) is 7.05. The minimum atomic E-state index is -0.171. The lowest BCUT2D eigenvalue weighted by molar-refractivity contribution is 0.317. The van der Waals surface area contributed by atoms with Crippen LogP contribution in [0.1, 0.15) is 52.5 Å². The first-order chi connectivity index (χ1) is 9.90. The fraction of sp³-hybridized carbons (Fsp3) is 0.706. The van der Waals surface area contributed by atoms with Gasteiger partial charge in [-0.2, -0.15) is 0 Å². The number of halogens is 1. The molecule has 1 aliphatic rings. The molecule has 1 fully saturated rings. The molecule has 1 heterocycles. The SMILES string of the molecule is CCN(CC1CCC1)c1nccc(CNC(C)(C)C)c1F. The molecule has 4 heteroatoms. The monoisotopic (exact) mass is 293 g/mol. The first-order valence-corrected chi connectivity index (χ1v) is 8.04. The van der Waals surface area contributed by atoms with Gasteiger partial charge in [-0.1, -0.05) is 6.42 Å². The molecular formula is C17H28FN3. The second kappa shape index (κ2) is 6.73. The van der Waals surface area contributed by atoms with E-state index in [1.54, 1.807) is 12.3 Å². The van der Waals surface area contributed by atoms with E-state index in [4.69, 9.17) is 0 Å². The van der Waals surface area contributed by atoms with Crippen molar-refractivity contribution in [1.29, 1.82) is 0 Å². The van der Waals surface area contributed by atoms with Gasteiger partial charge in [-0.3, -0.25) is 0 Å². The summed E-state index contributed by atoms with van der Waals surface area (Å²) in [6.07, 6.45) is 5.57. The van der Waals surface area contributed by atoms with Crippen molar-refractivity contribution < 1.29 is 4.39 Å². The van der Waals surface area contributed by atoms with Crippen molar-refractivity contribution in [3.05, 3.63) is 23.6 Å². The number of pyridine rings is 1. The summed E-state index contributed by atoms with van der Waals surface area (Å²) in [7, 11) is 0. The fourth-order valence-electron chi connectivity index (χ4n) is 2.54. The molecular weight excluding hydrogens is 265 g/mol. The van der Waals surface area contributed by atoms with Crippen molar-refractivity contribution in [2.45, 2.75) is 59.0 Å². The van der Waals surface area contributed by atoms with Crippen LogP contribution in [0.25, 0.3) is 0 Å². The Bertz CT molecular complexity index is 464. The van der Waals surface area contributed by atoms with Crippen molar-refractivity contribution in [3.63, 3.8) is 0 Å². The van der Waals surface area contributed by atoms with E-state index in [-0.39, 0.29) is 11.4 Å². The molecule has 0 bridgehead atoms. The maximum Gasteiger partial charge on any atom is 0.170 e. The van der Waals surface area contributed by atoms with Crippen molar-refractivity contribution >= 4 is 5.82 Å². The molecule has 0 saturated heterocycles. The molecule has 118 valence electrons. The number of nitrogens with one attached hydrogen (secondary N) is 1. The zero-order chi connectivity index (χ0) is 15.5. The summed E-state index contributed by atoms with van der Waals surface area (Å²) in [5.74, 6) is 1.05. The molecule has 3 nitrogen and oxygen atoms in total. The largest absolute Gasteiger partial charge is 0.354 e. The third kappa shape index (κ3) is 4.40. The van der Waals surface area contributed by atoms with Gasteiger partial charge < -0.3 is 10.2 Å². The van der Waals surface area contributed by atoms with Gasteiger partial charge in [0.05, 0.1) is 0 Å². The second-order valence-electron chi connectivity index (χ2n) is 7.05. The predicted molar refractivity (Wildman–Crippen MR) is 86.0 cm³/mol. The molecule has 2 rings (SSSR count). The van der Waals surface area contributed by atoms with Gasteiger partial charge >= 0.3 is 0 Å². The molecule has 1 aromatic rings. The average Bonchev–Trinajstić information content (AvgIpc) is 2.36. The Morgan fingerprint density at radius 3 is 2.62 bits per heavy atom. The summed E-state index contributed by atoms with van der Waals surface area (Å²) in [4.78, 5) is 6.37. The highest BCUT2D eigenvalue weighted by Gasteiger charge is 2.23. The zero-order valence-corrected chi connectivity index (χ0v) is 13.7. The summed E-state index contributed by atoms with van der Waals surface area (Å²) < 4.78 is 14.7. The highest BCUT2D eigenvalue weighted by Crippen LogP contribution is 2.29. The van der Waals surface area contributed by atoms with E-state index in [1.165, 1.54) is 19.3 Å². The van der Waals surface area contributed by atoms with E-state index in [9.17, 15) is 4.39 Å². The third-order valence-corrected chi connectivity index (χ3v) is 4.14. The van der Waals surface area contributed by atoms with E-state index in [1.807, 2.05) is 0 Å². The molecule has 0 radical (unpaired) electrons. The fourth-order valence-corrected chi connectivity index (χ4v) is 2.54.